The number of hydrogen-bond acceptors (Lipinski definition) is 4. The second kappa shape index (κ2) is 7.28. The van der Waals surface area contributed by atoms with Crippen LogP contribution < -0.4 is 10.6 Å². The van der Waals surface area contributed by atoms with E-state index in [9.17, 15) is 0 Å². The normalized spacial score (nSPS) is 13.9. The maximum absolute atomic E-state index is 4.38. The molecule has 106 valence electrons. The fourth-order valence-corrected chi connectivity index (χ4v) is 2.03. The first-order chi connectivity index (χ1) is 9.42. The molecule has 6 heteroatoms. The van der Waals surface area contributed by atoms with Gasteiger partial charge in [0.1, 0.15) is 0 Å². The average molecular weight is 383 g/mol. The molecule has 0 saturated carbocycles. The van der Waals surface area contributed by atoms with Gasteiger partial charge in [-0.25, -0.2) is 4.98 Å². The van der Waals surface area contributed by atoms with E-state index in [4.69, 9.17) is 0 Å². The van der Waals surface area contributed by atoms with E-state index in [-0.39, 0.29) is 24.0 Å². The first kappa shape index (κ1) is 14.8. The topological polar surface area (TPSA) is 54.2 Å². The summed E-state index contributed by atoms with van der Waals surface area (Å²) in [7, 11) is 0. The van der Waals surface area contributed by atoms with Gasteiger partial charge in [0, 0.05) is 37.7 Å². The summed E-state index contributed by atoms with van der Waals surface area (Å²) in [5.41, 5.74) is 2.35. The van der Waals surface area contributed by atoms with Gasteiger partial charge in [0.25, 0.3) is 0 Å². The molecule has 0 amide bonds. The van der Waals surface area contributed by atoms with E-state index in [0.717, 1.165) is 37.7 Å². The Morgan fingerprint density at radius 1 is 1.25 bits per heavy atom. The van der Waals surface area contributed by atoms with E-state index < -0.39 is 0 Å². The number of aromatic nitrogens is 2. The number of benzene rings is 1. The van der Waals surface area contributed by atoms with E-state index in [1.165, 1.54) is 5.56 Å². The SMILES string of the molecule is I.c1cn(-c2ccc(CNC3=NCCCN3)cc2)cn1. The Morgan fingerprint density at radius 2 is 2.10 bits per heavy atom. The van der Waals surface area contributed by atoms with Crippen LogP contribution in [0.4, 0.5) is 0 Å². The zero-order valence-electron chi connectivity index (χ0n) is 11.1. The molecule has 3 rings (SSSR count). The van der Waals surface area contributed by atoms with Crippen LogP contribution in [0, 0.1) is 0 Å². The minimum Gasteiger partial charge on any atom is -0.356 e. The number of imidazole rings is 1. The zero-order valence-corrected chi connectivity index (χ0v) is 13.5. The van der Waals surface area contributed by atoms with Crippen LogP contribution in [0.1, 0.15) is 12.0 Å². The van der Waals surface area contributed by atoms with Crippen LogP contribution in [0.15, 0.2) is 48.0 Å². The number of hydrogen-bond donors (Lipinski definition) is 2. The van der Waals surface area contributed by atoms with Crippen molar-refractivity contribution in [2.24, 2.45) is 4.99 Å². The molecule has 0 atom stereocenters. The van der Waals surface area contributed by atoms with Crippen LogP contribution in [0.25, 0.3) is 5.69 Å². The average Bonchev–Trinajstić information content (AvgIpc) is 3.01. The fourth-order valence-electron chi connectivity index (χ4n) is 2.03. The van der Waals surface area contributed by atoms with E-state index in [1.54, 1.807) is 12.5 Å². The Kier molecular flexibility index (Phi) is 5.40. The number of nitrogens with one attached hydrogen (secondary N) is 2. The third-order valence-corrected chi connectivity index (χ3v) is 3.10. The van der Waals surface area contributed by atoms with Gasteiger partial charge in [-0.2, -0.15) is 0 Å². The number of halogens is 1. The van der Waals surface area contributed by atoms with Crippen LogP contribution in [0.5, 0.6) is 0 Å². The van der Waals surface area contributed by atoms with Crippen molar-refractivity contribution >= 4 is 29.9 Å². The molecule has 0 unspecified atom stereocenters. The summed E-state index contributed by atoms with van der Waals surface area (Å²) in [6.07, 6.45) is 6.63. The highest BCUT2D eigenvalue weighted by Crippen LogP contribution is 2.09. The van der Waals surface area contributed by atoms with Crippen molar-refractivity contribution < 1.29 is 0 Å². The summed E-state index contributed by atoms with van der Waals surface area (Å²) in [6, 6.07) is 8.42. The van der Waals surface area contributed by atoms with Crippen molar-refractivity contribution in [2.45, 2.75) is 13.0 Å². The molecule has 20 heavy (non-hydrogen) atoms. The fraction of sp³-hybridized carbons (Fsp3) is 0.286. The summed E-state index contributed by atoms with van der Waals surface area (Å²) in [4.78, 5) is 8.43. The summed E-state index contributed by atoms with van der Waals surface area (Å²) in [5.74, 6) is 0.907. The van der Waals surface area contributed by atoms with Gasteiger partial charge >= 0.3 is 0 Å². The highest BCUT2D eigenvalue weighted by atomic mass is 127. The molecule has 2 aromatic rings. The Hall–Kier alpha value is -1.57. The lowest BCUT2D eigenvalue weighted by molar-refractivity contribution is 0.702. The molecule has 0 radical (unpaired) electrons. The van der Waals surface area contributed by atoms with E-state index >= 15 is 0 Å². The molecule has 1 aromatic heterocycles. The second-order valence-corrected chi connectivity index (χ2v) is 4.50. The van der Waals surface area contributed by atoms with Gasteiger partial charge in [-0.05, 0) is 24.1 Å². The van der Waals surface area contributed by atoms with Crippen LogP contribution in [-0.4, -0.2) is 28.6 Å². The number of guanidine groups is 1. The van der Waals surface area contributed by atoms with Crippen molar-refractivity contribution in [1.29, 1.82) is 0 Å². The largest absolute Gasteiger partial charge is 0.356 e. The molecule has 1 aliphatic heterocycles. The highest BCUT2D eigenvalue weighted by Gasteiger charge is 2.03. The molecule has 0 aliphatic carbocycles. The van der Waals surface area contributed by atoms with Gasteiger partial charge in [0.05, 0.1) is 6.33 Å². The van der Waals surface area contributed by atoms with Crippen LogP contribution in [0.3, 0.4) is 0 Å². The minimum absolute atomic E-state index is 0. The first-order valence-corrected chi connectivity index (χ1v) is 6.51. The first-order valence-electron chi connectivity index (χ1n) is 6.51. The van der Waals surface area contributed by atoms with Gasteiger partial charge in [-0.3, -0.25) is 4.99 Å². The number of aliphatic imine (C=N–C) groups is 1. The third-order valence-electron chi connectivity index (χ3n) is 3.10. The van der Waals surface area contributed by atoms with E-state index in [0.29, 0.717) is 0 Å². The van der Waals surface area contributed by atoms with Crippen LogP contribution in [0.2, 0.25) is 0 Å². The smallest absolute Gasteiger partial charge is 0.191 e. The lowest BCUT2D eigenvalue weighted by atomic mass is 10.2. The molecular weight excluding hydrogens is 365 g/mol. The molecule has 2 N–H and O–H groups in total. The third kappa shape index (κ3) is 3.72. The predicted molar refractivity (Wildman–Crippen MR) is 90.7 cm³/mol. The van der Waals surface area contributed by atoms with Gasteiger partial charge in [-0.1, -0.05) is 12.1 Å². The van der Waals surface area contributed by atoms with E-state index in [1.807, 2.05) is 10.8 Å². The van der Waals surface area contributed by atoms with Crippen molar-refractivity contribution in [3.05, 3.63) is 48.5 Å². The second-order valence-electron chi connectivity index (χ2n) is 4.50. The Morgan fingerprint density at radius 3 is 2.75 bits per heavy atom. The van der Waals surface area contributed by atoms with Crippen LogP contribution >= 0.6 is 24.0 Å². The van der Waals surface area contributed by atoms with Gasteiger partial charge in [-0.15, -0.1) is 24.0 Å². The molecule has 0 bridgehead atoms. The maximum Gasteiger partial charge on any atom is 0.191 e. The Bertz CT molecular complexity index is 547. The highest BCUT2D eigenvalue weighted by molar-refractivity contribution is 14.0. The summed E-state index contributed by atoms with van der Waals surface area (Å²) < 4.78 is 1.99. The molecule has 1 aromatic carbocycles. The van der Waals surface area contributed by atoms with Gasteiger partial charge < -0.3 is 15.2 Å². The van der Waals surface area contributed by atoms with Crippen molar-refractivity contribution in [2.75, 3.05) is 13.1 Å². The molecular formula is C14H18IN5. The summed E-state index contributed by atoms with van der Waals surface area (Å²) in [6.45, 7) is 2.70. The number of rotatable bonds is 3. The Balaban J connectivity index is 0.00000147. The molecule has 0 saturated heterocycles. The quantitative estimate of drug-likeness (QED) is 0.797. The van der Waals surface area contributed by atoms with Gasteiger partial charge in [0.2, 0.25) is 0 Å². The lowest BCUT2D eigenvalue weighted by Gasteiger charge is -2.16. The summed E-state index contributed by atoms with van der Waals surface area (Å²) in [5, 5.41) is 6.56. The van der Waals surface area contributed by atoms with Gasteiger partial charge in [0.15, 0.2) is 5.96 Å². The lowest BCUT2D eigenvalue weighted by Crippen LogP contribution is -2.40. The monoisotopic (exact) mass is 383 g/mol. The molecule has 2 heterocycles. The van der Waals surface area contributed by atoms with Crippen molar-refractivity contribution in [3.63, 3.8) is 0 Å². The number of nitrogens with zero attached hydrogens (tertiary/aromatic N) is 3. The molecule has 0 spiro atoms. The maximum atomic E-state index is 4.38. The molecule has 0 fully saturated rings. The zero-order chi connectivity index (χ0) is 12.9. The minimum atomic E-state index is 0. The molecule has 1 aliphatic rings. The Labute approximate surface area is 135 Å². The predicted octanol–water partition coefficient (Wildman–Crippen LogP) is 1.93. The standard InChI is InChI=1S/C14H17N5.HI/c1-6-16-14(17-7-1)18-10-12-2-4-13(5-3-12)19-9-8-15-11-19;/h2-5,8-9,11H,1,6-7,10H2,(H2,16,17,18);1H. The van der Waals surface area contributed by atoms with Crippen molar-refractivity contribution in [1.82, 2.24) is 20.2 Å². The van der Waals surface area contributed by atoms with Crippen LogP contribution in [-0.2, 0) is 6.54 Å². The summed E-state index contributed by atoms with van der Waals surface area (Å²) >= 11 is 0. The molecule has 5 nitrogen and oxygen atoms in total. The van der Waals surface area contributed by atoms with Crippen molar-refractivity contribution in [3.8, 4) is 5.69 Å². The van der Waals surface area contributed by atoms with E-state index in [2.05, 4.69) is 44.9 Å².